The van der Waals surface area contributed by atoms with Gasteiger partial charge in [-0.1, -0.05) is 151 Å². The van der Waals surface area contributed by atoms with Gasteiger partial charge in [-0.15, -0.1) is 0 Å². The van der Waals surface area contributed by atoms with Crippen molar-refractivity contribution in [2.75, 3.05) is 0 Å². The summed E-state index contributed by atoms with van der Waals surface area (Å²) in [5, 5.41) is 1.36. The largest absolute Gasteiger partial charge is 0.456 e. The Hall–Kier alpha value is -6.44. The predicted molar refractivity (Wildman–Crippen MR) is 208 cm³/mol. The number of furan rings is 1. The fraction of sp³-hybridized carbons (Fsp3) is 0. The molecule has 0 amide bonds. The summed E-state index contributed by atoms with van der Waals surface area (Å²) in [6.45, 7) is 0. The molecule has 49 heavy (non-hydrogen) atoms. The van der Waals surface area contributed by atoms with E-state index < -0.39 is 147 Å². The Bertz CT molecular complexity index is 3740. The fourth-order valence-corrected chi connectivity index (χ4v) is 6.69. The molecular formula is C48H30O. The van der Waals surface area contributed by atoms with Gasteiger partial charge in [-0.25, -0.2) is 0 Å². The van der Waals surface area contributed by atoms with Crippen LogP contribution >= 0.6 is 0 Å². The molecule has 1 nitrogen and oxygen atoms in total. The Labute approximate surface area is 308 Å². The molecule has 0 radical (unpaired) electrons. The monoisotopic (exact) mass is 639 g/mol. The van der Waals surface area contributed by atoms with E-state index in [1.165, 1.54) is 0 Å². The van der Waals surface area contributed by atoms with Gasteiger partial charge in [-0.05, 0) is 107 Å². The van der Waals surface area contributed by atoms with Crippen molar-refractivity contribution < 1.29 is 27.7 Å². The summed E-state index contributed by atoms with van der Waals surface area (Å²) < 4.78 is 159. The van der Waals surface area contributed by atoms with E-state index in [0.717, 1.165) is 21.9 Å². The second kappa shape index (κ2) is 11.1. The first kappa shape index (κ1) is 15.6. The fourth-order valence-electron chi connectivity index (χ4n) is 6.69. The standard InChI is InChI=1S/C48H30O/c1-2-13-32(14-3-1)47-39-19-6-8-21-41(39)48(42-22-9-7-20-40(42)47)36-17-10-16-33(28-36)34-24-26-45-43(29-34)44-30-35(25-27-46(44)49-45)38-23-11-15-31-12-4-5-18-37(31)38/h1-30H/i1D,2D,3D,6D,7D,8D,9D,10D,13D,14D,16D,17D,19D,20D,21D,22D,28D. The van der Waals surface area contributed by atoms with Gasteiger partial charge in [0.25, 0.3) is 0 Å². The third-order valence-corrected chi connectivity index (χ3v) is 8.86. The Morgan fingerprint density at radius 1 is 0.367 bits per heavy atom. The van der Waals surface area contributed by atoms with E-state index in [0.29, 0.717) is 21.9 Å². The van der Waals surface area contributed by atoms with E-state index in [2.05, 4.69) is 0 Å². The van der Waals surface area contributed by atoms with Gasteiger partial charge in [0.1, 0.15) is 11.2 Å². The first-order valence-electron chi connectivity index (χ1n) is 24.0. The van der Waals surface area contributed by atoms with Crippen molar-refractivity contribution in [1.29, 1.82) is 0 Å². The van der Waals surface area contributed by atoms with Crippen molar-refractivity contribution in [2.45, 2.75) is 0 Å². The van der Waals surface area contributed by atoms with Crippen molar-refractivity contribution >= 4 is 54.3 Å². The van der Waals surface area contributed by atoms with E-state index >= 15 is 0 Å². The van der Waals surface area contributed by atoms with E-state index in [4.69, 9.17) is 18.1 Å². The molecule has 0 saturated heterocycles. The zero-order chi connectivity index (χ0) is 47.1. The van der Waals surface area contributed by atoms with Crippen molar-refractivity contribution in [1.82, 2.24) is 0 Å². The molecule has 0 spiro atoms. The molecule has 0 aliphatic heterocycles. The van der Waals surface area contributed by atoms with Gasteiger partial charge in [0.05, 0.1) is 23.3 Å². The van der Waals surface area contributed by atoms with Gasteiger partial charge >= 0.3 is 0 Å². The highest BCUT2D eigenvalue weighted by Gasteiger charge is 2.17. The molecule has 228 valence electrons. The summed E-state index contributed by atoms with van der Waals surface area (Å²) >= 11 is 0. The highest BCUT2D eigenvalue weighted by atomic mass is 16.3. The summed E-state index contributed by atoms with van der Waals surface area (Å²) in [6.07, 6.45) is 0. The Balaban J connectivity index is 1.35. The maximum absolute atomic E-state index is 9.85. The summed E-state index contributed by atoms with van der Waals surface area (Å²) in [5.41, 5.74) is 0.861. The van der Waals surface area contributed by atoms with Gasteiger partial charge in [0, 0.05) is 10.8 Å². The lowest BCUT2D eigenvalue weighted by Crippen LogP contribution is -1.91. The normalized spacial score (nSPS) is 16.5. The minimum absolute atomic E-state index is 0.176. The van der Waals surface area contributed by atoms with Gasteiger partial charge in [-0.3, -0.25) is 0 Å². The van der Waals surface area contributed by atoms with Crippen LogP contribution in [0, 0.1) is 0 Å². The number of benzene rings is 9. The third kappa shape index (κ3) is 4.47. The SMILES string of the molecule is [2H]c1c([2H])c([2H])c(-c2c3c([2H])c([2H])c([2H])c([2H])c3c(-c3c([2H])c([2H])c([2H])c(-c4ccc5oc6ccc(-c7cccc8ccccc78)cc6c5c4)c3[2H])c3c([2H])c([2H])c([2H])c([2H])c23)c([2H])c1[2H]. The lowest BCUT2D eigenvalue weighted by molar-refractivity contribution is 0.669. The molecule has 10 aromatic rings. The molecule has 1 aromatic heterocycles. The molecule has 1 heterocycles. The van der Waals surface area contributed by atoms with E-state index in [-0.39, 0.29) is 11.1 Å². The second-order valence-corrected chi connectivity index (χ2v) is 11.6. The van der Waals surface area contributed by atoms with Crippen LogP contribution in [-0.2, 0) is 0 Å². The topological polar surface area (TPSA) is 13.1 Å². The van der Waals surface area contributed by atoms with Crippen molar-refractivity contribution in [3.8, 4) is 44.5 Å². The first-order chi connectivity index (χ1) is 31.4. The van der Waals surface area contributed by atoms with Gasteiger partial charge < -0.3 is 4.42 Å². The summed E-state index contributed by atoms with van der Waals surface area (Å²) in [6, 6.07) is 11.5. The van der Waals surface area contributed by atoms with Crippen molar-refractivity contribution in [3.05, 3.63) is 182 Å². The molecule has 0 bridgehead atoms. The number of hydrogen-bond acceptors (Lipinski definition) is 1. The van der Waals surface area contributed by atoms with Crippen LogP contribution in [0.25, 0.3) is 98.8 Å². The second-order valence-electron chi connectivity index (χ2n) is 11.6. The van der Waals surface area contributed by atoms with Crippen LogP contribution in [0.3, 0.4) is 0 Å². The molecule has 0 aliphatic rings. The third-order valence-electron chi connectivity index (χ3n) is 8.86. The Kier molecular flexibility index (Phi) is 3.54. The predicted octanol–water partition coefficient (Wildman–Crippen LogP) is 13.7. The highest BCUT2D eigenvalue weighted by molar-refractivity contribution is 6.21. The molecule has 10 rings (SSSR count). The van der Waals surface area contributed by atoms with Gasteiger partial charge in [0.15, 0.2) is 0 Å². The number of fused-ring (bicyclic) bond motifs is 6. The summed E-state index contributed by atoms with van der Waals surface area (Å²) in [7, 11) is 0. The van der Waals surface area contributed by atoms with Crippen LogP contribution in [0.1, 0.15) is 23.3 Å². The lowest BCUT2D eigenvalue weighted by atomic mass is 9.85. The van der Waals surface area contributed by atoms with Crippen molar-refractivity contribution in [2.24, 2.45) is 0 Å². The lowest BCUT2D eigenvalue weighted by Gasteiger charge is -2.18. The molecule has 0 saturated carbocycles. The zero-order valence-corrected chi connectivity index (χ0v) is 25.4. The zero-order valence-electron chi connectivity index (χ0n) is 42.4. The molecular weight excluding hydrogens is 593 g/mol. The van der Waals surface area contributed by atoms with E-state index in [9.17, 15) is 9.60 Å². The van der Waals surface area contributed by atoms with Crippen LogP contribution in [0.2, 0.25) is 0 Å². The number of hydrogen-bond donors (Lipinski definition) is 0. The molecule has 1 heteroatoms. The van der Waals surface area contributed by atoms with Gasteiger partial charge in [0.2, 0.25) is 0 Å². The van der Waals surface area contributed by atoms with Crippen LogP contribution < -0.4 is 0 Å². The quantitative estimate of drug-likeness (QED) is 0.175. The Morgan fingerprint density at radius 3 is 1.63 bits per heavy atom. The smallest absolute Gasteiger partial charge is 0.135 e. The van der Waals surface area contributed by atoms with Crippen LogP contribution in [0.15, 0.2) is 186 Å². The van der Waals surface area contributed by atoms with E-state index in [1.807, 2.05) is 60.7 Å². The molecule has 0 unspecified atom stereocenters. The maximum atomic E-state index is 9.85. The van der Waals surface area contributed by atoms with Crippen molar-refractivity contribution in [3.63, 3.8) is 0 Å². The maximum Gasteiger partial charge on any atom is 0.135 e. The Morgan fingerprint density at radius 2 is 0.918 bits per heavy atom. The minimum Gasteiger partial charge on any atom is -0.456 e. The number of rotatable bonds is 4. The first-order valence-corrected chi connectivity index (χ1v) is 15.5. The van der Waals surface area contributed by atoms with Crippen LogP contribution in [0.4, 0.5) is 0 Å². The van der Waals surface area contributed by atoms with E-state index in [1.54, 1.807) is 18.2 Å². The molecule has 0 aliphatic carbocycles. The average Bonchev–Trinajstić information content (AvgIpc) is 3.68. The summed E-state index contributed by atoms with van der Waals surface area (Å²) in [5.74, 6) is 0. The van der Waals surface area contributed by atoms with Crippen LogP contribution in [0.5, 0.6) is 0 Å². The van der Waals surface area contributed by atoms with Crippen LogP contribution in [-0.4, -0.2) is 0 Å². The molecule has 0 fully saturated rings. The average molecular weight is 640 g/mol. The molecule has 9 aromatic carbocycles. The summed E-state index contributed by atoms with van der Waals surface area (Å²) in [4.78, 5) is 0. The molecule has 0 atom stereocenters. The highest BCUT2D eigenvalue weighted by Crippen LogP contribution is 2.44. The van der Waals surface area contributed by atoms with Gasteiger partial charge in [-0.2, -0.15) is 0 Å². The molecule has 0 N–H and O–H groups in total. The minimum atomic E-state index is -0.822.